The molecule has 1 aliphatic heterocycles. The predicted molar refractivity (Wildman–Crippen MR) is 133 cm³/mol. The van der Waals surface area contributed by atoms with E-state index in [1.54, 1.807) is 43.4 Å². The lowest BCUT2D eigenvalue weighted by atomic mass is 10.0. The molecular weight excluding hydrogens is 444 g/mol. The molecule has 182 valence electrons. The molecule has 0 saturated carbocycles. The van der Waals surface area contributed by atoms with Gasteiger partial charge in [-0.3, -0.25) is 9.59 Å². The van der Waals surface area contributed by atoms with Crippen LogP contribution in [0.1, 0.15) is 34.8 Å². The standard InChI is InChI=1S/C28H30N2O5/c1-33-22-10-8-21(9-11-22)27(31)29-26(20-6-4-3-5-7-20)28(32)30-18-16-25(17-19-30)35-24-14-12-23(34-2)13-15-24/h3-15,25-26H,16-19H2,1-2H3,(H,29,31)/t26-/m1/s1. The number of piperidine rings is 1. The summed E-state index contributed by atoms with van der Waals surface area (Å²) in [5, 5.41) is 2.93. The summed E-state index contributed by atoms with van der Waals surface area (Å²) in [7, 11) is 3.20. The van der Waals surface area contributed by atoms with E-state index in [4.69, 9.17) is 14.2 Å². The van der Waals surface area contributed by atoms with Crippen LogP contribution in [0.3, 0.4) is 0 Å². The number of hydrogen-bond donors (Lipinski definition) is 1. The number of likely N-dealkylation sites (tertiary alicyclic amines) is 1. The quantitative estimate of drug-likeness (QED) is 0.528. The van der Waals surface area contributed by atoms with Crippen LogP contribution < -0.4 is 19.5 Å². The lowest BCUT2D eigenvalue weighted by molar-refractivity contribution is -0.135. The second kappa shape index (κ2) is 11.4. The van der Waals surface area contributed by atoms with Gasteiger partial charge in [-0.15, -0.1) is 0 Å². The minimum Gasteiger partial charge on any atom is -0.497 e. The molecule has 2 amide bonds. The van der Waals surface area contributed by atoms with Gasteiger partial charge in [0.2, 0.25) is 5.91 Å². The van der Waals surface area contributed by atoms with E-state index in [0.29, 0.717) is 37.2 Å². The first-order chi connectivity index (χ1) is 17.1. The average molecular weight is 475 g/mol. The fraction of sp³-hybridized carbons (Fsp3) is 0.286. The molecule has 1 N–H and O–H groups in total. The number of rotatable bonds is 8. The number of amides is 2. The van der Waals surface area contributed by atoms with E-state index < -0.39 is 6.04 Å². The zero-order valence-corrected chi connectivity index (χ0v) is 20.0. The number of carbonyl (C=O) groups excluding carboxylic acids is 2. The molecule has 3 aromatic rings. The lowest BCUT2D eigenvalue weighted by Crippen LogP contribution is -2.47. The van der Waals surface area contributed by atoms with Crippen molar-refractivity contribution in [2.24, 2.45) is 0 Å². The van der Waals surface area contributed by atoms with E-state index in [1.807, 2.05) is 54.6 Å². The molecule has 7 nitrogen and oxygen atoms in total. The molecule has 0 aromatic heterocycles. The van der Waals surface area contributed by atoms with E-state index >= 15 is 0 Å². The Hall–Kier alpha value is -4.00. The lowest BCUT2D eigenvalue weighted by Gasteiger charge is -2.34. The van der Waals surface area contributed by atoms with Gasteiger partial charge in [0.1, 0.15) is 29.4 Å². The van der Waals surface area contributed by atoms with Crippen LogP contribution in [0.2, 0.25) is 0 Å². The number of carbonyl (C=O) groups is 2. The number of hydrogen-bond acceptors (Lipinski definition) is 5. The van der Waals surface area contributed by atoms with Crippen molar-refractivity contribution in [1.82, 2.24) is 10.2 Å². The van der Waals surface area contributed by atoms with Crippen molar-refractivity contribution in [1.29, 1.82) is 0 Å². The van der Waals surface area contributed by atoms with Gasteiger partial charge in [-0.25, -0.2) is 0 Å². The van der Waals surface area contributed by atoms with Crippen molar-refractivity contribution in [2.45, 2.75) is 25.0 Å². The van der Waals surface area contributed by atoms with E-state index in [0.717, 1.165) is 17.1 Å². The van der Waals surface area contributed by atoms with Crippen molar-refractivity contribution >= 4 is 11.8 Å². The molecule has 0 unspecified atom stereocenters. The molecule has 1 saturated heterocycles. The van der Waals surface area contributed by atoms with Gasteiger partial charge in [-0.05, 0) is 54.1 Å². The summed E-state index contributed by atoms with van der Waals surface area (Å²) in [4.78, 5) is 28.3. The Morgan fingerprint density at radius 2 is 1.34 bits per heavy atom. The largest absolute Gasteiger partial charge is 0.497 e. The number of nitrogens with one attached hydrogen (secondary N) is 1. The maximum atomic E-state index is 13.5. The van der Waals surface area contributed by atoms with Crippen LogP contribution in [-0.2, 0) is 4.79 Å². The Morgan fingerprint density at radius 1 is 0.800 bits per heavy atom. The number of ether oxygens (including phenoxy) is 3. The molecule has 0 radical (unpaired) electrons. The fourth-order valence-corrected chi connectivity index (χ4v) is 4.11. The molecule has 0 aliphatic carbocycles. The molecule has 0 spiro atoms. The molecule has 4 rings (SSSR count). The predicted octanol–water partition coefficient (Wildman–Crippen LogP) is 4.24. The minimum atomic E-state index is -0.773. The molecule has 1 atom stereocenters. The third kappa shape index (κ3) is 6.12. The van der Waals surface area contributed by atoms with Crippen molar-refractivity contribution in [3.63, 3.8) is 0 Å². The van der Waals surface area contributed by atoms with Crippen LogP contribution in [0.15, 0.2) is 78.9 Å². The maximum Gasteiger partial charge on any atom is 0.252 e. The van der Waals surface area contributed by atoms with Crippen LogP contribution in [0.25, 0.3) is 0 Å². The summed E-state index contributed by atoms with van der Waals surface area (Å²) in [5.74, 6) is 1.79. The van der Waals surface area contributed by atoms with Gasteiger partial charge in [0.05, 0.1) is 14.2 Å². The van der Waals surface area contributed by atoms with Gasteiger partial charge in [-0.2, -0.15) is 0 Å². The van der Waals surface area contributed by atoms with Crippen LogP contribution in [0.4, 0.5) is 0 Å². The van der Waals surface area contributed by atoms with Crippen LogP contribution in [0, 0.1) is 0 Å². The van der Waals surface area contributed by atoms with Gasteiger partial charge in [0, 0.05) is 31.5 Å². The average Bonchev–Trinajstić information content (AvgIpc) is 2.92. The molecule has 1 fully saturated rings. The molecular formula is C28H30N2O5. The summed E-state index contributed by atoms with van der Waals surface area (Å²) in [6.07, 6.45) is 1.45. The van der Waals surface area contributed by atoms with Gasteiger partial charge in [0.15, 0.2) is 0 Å². The van der Waals surface area contributed by atoms with Gasteiger partial charge in [0.25, 0.3) is 5.91 Å². The highest BCUT2D eigenvalue weighted by molar-refractivity contribution is 5.98. The first-order valence-electron chi connectivity index (χ1n) is 11.7. The minimum absolute atomic E-state index is 0.0245. The van der Waals surface area contributed by atoms with E-state index in [1.165, 1.54) is 0 Å². The van der Waals surface area contributed by atoms with Crippen LogP contribution >= 0.6 is 0 Å². The Kier molecular flexibility index (Phi) is 7.88. The summed E-state index contributed by atoms with van der Waals surface area (Å²) in [6.45, 7) is 1.11. The summed E-state index contributed by atoms with van der Waals surface area (Å²) in [5.41, 5.74) is 1.21. The molecule has 0 bridgehead atoms. The Balaban J connectivity index is 1.41. The first kappa shape index (κ1) is 24.1. The Bertz CT molecular complexity index is 1110. The van der Waals surface area contributed by atoms with Crippen molar-refractivity contribution in [3.05, 3.63) is 90.0 Å². The highest BCUT2D eigenvalue weighted by Gasteiger charge is 2.31. The van der Waals surface area contributed by atoms with Crippen molar-refractivity contribution in [2.75, 3.05) is 27.3 Å². The second-order valence-corrected chi connectivity index (χ2v) is 8.36. The monoisotopic (exact) mass is 474 g/mol. The summed E-state index contributed by atoms with van der Waals surface area (Å²) < 4.78 is 16.5. The van der Waals surface area contributed by atoms with Gasteiger partial charge < -0.3 is 24.4 Å². The first-order valence-corrected chi connectivity index (χ1v) is 11.7. The maximum absolute atomic E-state index is 13.5. The third-order valence-electron chi connectivity index (χ3n) is 6.12. The summed E-state index contributed by atoms with van der Waals surface area (Å²) >= 11 is 0. The van der Waals surface area contributed by atoms with E-state index in [-0.39, 0.29) is 17.9 Å². The fourth-order valence-electron chi connectivity index (χ4n) is 4.11. The molecule has 3 aromatic carbocycles. The highest BCUT2D eigenvalue weighted by Crippen LogP contribution is 2.24. The van der Waals surface area contributed by atoms with Crippen LogP contribution in [-0.4, -0.2) is 50.1 Å². The number of methoxy groups -OCH3 is 2. The second-order valence-electron chi connectivity index (χ2n) is 8.36. The molecule has 1 aliphatic rings. The van der Waals surface area contributed by atoms with Crippen LogP contribution in [0.5, 0.6) is 17.2 Å². The highest BCUT2D eigenvalue weighted by atomic mass is 16.5. The summed E-state index contributed by atoms with van der Waals surface area (Å²) in [6, 6.07) is 22.9. The Morgan fingerprint density at radius 3 is 1.91 bits per heavy atom. The zero-order chi connectivity index (χ0) is 24.6. The van der Waals surface area contributed by atoms with Gasteiger partial charge in [-0.1, -0.05) is 30.3 Å². The number of nitrogens with zero attached hydrogens (tertiary/aromatic N) is 1. The van der Waals surface area contributed by atoms with Gasteiger partial charge >= 0.3 is 0 Å². The topological polar surface area (TPSA) is 77.1 Å². The van der Waals surface area contributed by atoms with Crippen molar-refractivity contribution in [3.8, 4) is 17.2 Å². The normalized spacial score (nSPS) is 14.6. The van der Waals surface area contributed by atoms with E-state index in [2.05, 4.69) is 5.32 Å². The molecule has 35 heavy (non-hydrogen) atoms. The van der Waals surface area contributed by atoms with Crippen molar-refractivity contribution < 1.29 is 23.8 Å². The zero-order valence-electron chi connectivity index (χ0n) is 20.0. The smallest absolute Gasteiger partial charge is 0.252 e. The Labute approximate surface area is 205 Å². The molecule has 7 heteroatoms. The SMILES string of the molecule is COc1ccc(OC2CCN(C(=O)[C@H](NC(=O)c3ccc(OC)cc3)c3ccccc3)CC2)cc1. The number of benzene rings is 3. The third-order valence-corrected chi connectivity index (χ3v) is 6.12. The van der Waals surface area contributed by atoms with E-state index in [9.17, 15) is 9.59 Å². The molecule has 1 heterocycles.